The fourth-order valence-corrected chi connectivity index (χ4v) is 5.35. The molecule has 2 aromatic carbocycles. The van der Waals surface area contributed by atoms with Crippen molar-refractivity contribution < 1.29 is 13.9 Å². The van der Waals surface area contributed by atoms with Crippen molar-refractivity contribution in [3.8, 4) is 5.75 Å². The third-order valence-electron chi connectivity index (χ3n) is 7.24. The average molecular weight is 533 g/mol. The van der Waals surface area contributed by atoms with E-state index in [2.05, 4.69) is 39.5 Å². The van der Waals surface area contributed by atoms with Gasteiger partial charge >= 0.3 is 0 Å². The second kappa shape index (κ2) is 11.5. The minimum absolute atomic E-state index is 0.108. The van der Waals surface area contributed by atoms with Gasteiger partial charge in [-0.3, -0.25) is 9.20 Å². The first kappa shape index (κ1) is 26.2. The number of aromatic nitrogens is 2. The molecule has 5 rings (SSSR count). The van der Waals surface area contributed by atoms with Crippen LogP contribution < -0.4 is 15.0 Å². The Kier molecular flexibility index (Phi) is 7.94. The maximum Gasteiger partial charge on any atom is 0.270 e. The van der Waals surface area contributed by atoms with Crippen LogP contribution in [0.3, 0.4) is 0 Å². The van der Waals surface area contributed by atoms with Crippen molar-refractivity contribution >= 4 is 26.5 Å². The zero-order valence-corrected chi connectivity index (χ0v) is 23.0. The Morgan fingerprint density at radius 2 is 1.82 bits per heavy atom. The number of piperidine rings is 1. The van der Waals surface area contributed by atoms with E-state index in [0.29, 0.717) is 30.3 Å². The number of imidazole rings is 1. The molecule has 4 aromatic rings. The monoisotopic (exact) mass is 532 g/mol. The number of pyridine rings is 1. The quantitative estimate of drug-likeness (QED) is 0.282. The summed E-state index contributed by atoms with van der Waals surface area (Å²) in [6, 6.07) is 20.2. The SMILES string of the molecule is CCc1nc2ccc(C)cn2c1C(=O)NCc1ccc(N2CCC(c3ccc(OC(F)P)cc3)CC2)cc1. The average Bonchev–Trinajstić information content (AvgIpc) is 3.30. The summed E-state index contributed by atoms with van der Waals surface area (Å²) in [5.74, 6) is 0.927. The van der Waals surface area contributed by atoms with Crippen molar-refractivity contribution in [2.45, 2.75) is 51.7 Å². The molecule has 198 valence electrons. The number of nitrogens with one attached hydrogen (secondary N) is 1. The molecule has 1 aliphatic rings. The number of carbonyl (C=O) groups is 1. The molecule has 0 bridgehead atoms. The van der Waals surface area contributed by atoms with Crippen molar-refractivity contribution in [3.63, 3.8) is 0 Å². The molecule has 2 unspecified atom stereocenters. The van der Waals surface area contributed by atoms with Gasteiger partial charge in [-0.1, -0.05) is 46.5 Å². The predicted octanol–water partition coefficient (Wildman–Crippen LogP) is 6.03. The summed E-state index contributed by atoms with van der Waals surface area (Å²) in [4.78, 5) is 20.1. The summed E-state index contributed by atoms with van der Waals surface area (Å²) in [6.45, 7) is 6.45. The van der Waals surface area contributed by atoms with Gasteiger partial charge in [0.15, 0.2) is 0 Å². The van der Waals surface area contributed by atoms with Gasteiger partial charge < -0.3 is 15.0 Å². The fourth-order valence-electron chi connectivity index (χ4n) is 5.20. The summed E-state index contributed by atoms with van der Waals surface area (Å²) in [7, 11) is 2.00. The van der Waals surface area contributed by atoms with Crippen LogP contribution in [-0.2, 0) is 13.0 Å². The Morgan fingerprint density at radius 3 is 2.47 bits per heavy atom. The summed E-state index contributed by atoms with van der Waals surface area (Å²) in [5.41, 5.74) is 6.83. The maximum atomic E-state index is 13.1. The number of hydrogen-bond acceptors (Lipinski definition) is 4. The van der Waals surface area contributed by atoms with E-state index < -0.39 is 6.10 Å². The molecule has 1 aliphatic heterocycles. The number of halogens is 1. The summed E-state index contributed by atoms with van der Waals surface area (Å²) in [6.07, 6.45) is 3.40. The first-order chi connectivity index (χ1) is 18.4. The van der Waals surface area contributed by atoms with E-state index in [9.17, 15) is 9.18 Å². The number of hydrogen-bond donors (Lipinski definition) is 1. The van der Waals surface area contributed by atoms with Crippen LogP contribution in [0.2, 0.25) is 0 Å². The molecule has 2 atom stereocenters. The molecular weight excluding hydrogens is 498 g/mol. The lowest BCUT2D eigenvalue weighted by atomic mass is 9.89. The van der Waals surface area contributed by atoms with Gasteiger partial charge in [0.05, 0.1) is 5.69 Å². The highest BCUT2D eigenvalue weighted by molar-refractivity contribution is 7.16. The van der Waals surface area contributed by atoms with Gasteiger partial charge in [-0.2, -0.15) is 4.39 Å². The molecule has 1 saturated heterocycles. The topological polar surface area (TPSA) is 58.9 Å². The zero-order chi connectivity index (χ0) is 26.6. The molecule has 2 aromatic heterocycles. The molecule has 0 radical (unpaired) electrons. The molecule has 1 fully saturated rings. The van der Waals surface area contributed by atoms with Crippen LogP contribution in [-0.4, -0.2) is 34.5 Å². The summed E-state index contributed by atoms with van der Waals surface area (Å²) >= 11 is 0. The van der Waals surface area contributed by atoms with Crippen LogP contribution in [0.15, 0.2) is 66.9 Å². The molecule has 38 heavy (non-hydrogen) atoms. The van der Waals surface area contributed by atoms with E-state index in [1.807, 2.05) is 70.1 Å². The lowest BCUT2D eigenvalue weighted by Gasteiger charge is -2.34. The van der Waals surface area contributed by atoms with Crippen LogP contribution in [0.5, 0.6) is 5.75 Å². The third-order valence-corrected chi connectivity index (χ3v) is 7.37. The van der Waals surface area contributed by atoms with Gasteiger partial charge in [0.25, 0.3) is 5.91 Å². The number of anilines is 1. The largest absolute Gasteiger partial charge is 0.457 e. The smallest absolute Gasteiger partial charge is 0.270 e. The van der Waals surface area contributed by atoms with Crippen molar-refractivity contribution in [2.75, 3.05) is 18.0 Å². The van der Waals surface area contributed by atoms with Gasteiger partial charge in [0.1, 0.15) is 17.1 Å². The molecule has 0 spiro atoms. The van der Waals surface area contributed by atoms with E-state index in [1.165, 1.54) is 11.3 Å². The number of nitrogens with zero attached hydrogens (tertiary/aromatic N) is 3. The maximum absolute atomic E-state index is 13.1. The number of carbonyl (C=O) groups excluding carboxylic acids is 1. The van der Waals surface area contributed by atoms with Crippen LogP contribution >= 0.6 is 9.24 Å². The number of rotatable bonds is 8. The highest BCUT2D eigenvalue weighted by Crippen LogP contribution is 2.32. The Hall–Kier alpha value is -3.44. The second-order valence-corrected chi connectivity index (χ2v) is 10.4. The Balaban J connectivity index is 1.16. The van der Waals surface area contributed by atoms with Gasteiger partial charge in [-0.05, 0) is 79.1 Å². The highest BCUT2D eigenvalue weighted by Gasteiger charge is 2.21. The van der Waals surface area contributed by atoms with Gasteiger partial charge in [-0.15, -0.1) is 0 Å². The fraction of sp³-hybridized carbons (Fsp3) is 0.333. The van der Waals surface area contributed by atoms with Gasteiger partial charge in [0.2, 0.25) is 6.10 Å². The number of alkyl halides is 1. The van der Waals surface area contributed by atoms with Crippen molar-refractivity contribution in [1.82, 2.24) is 14.7 Å². The lowest BCUT2D eigenvalue weighted by molar-refractivity contribution is 0.0944. The minimum Gasteiger partial charge on any atom is -0.457 e. The van der Waals surface area contributed by atoms with Crippen molar-refractivity contribution in [3.05, 3.63) is 94.9 Å². The predicted molar refractivity (Wildman–Crippen MR) is 153 cm³/mol. The standard InChI is InChI=1S/C30H34FN4O2P/c1-3-26-28(35-19-20(2)4-13-27(35)33-26)29(36)32-18-21-5-9-24(10-6-21)34-16-14-23(15-17-34)22-7-11-25(12-8-22)37-30(31)38/h4-13,19,23,30H,3,14-18,38H2,1-2H3,(H,32,36). The number of ether oxygens (including phenoxy) is 1. The third kappa shape index (κ3) is 5.83. The van der Waals surface area contributed by atoms with Crippen LogP contribution in [0.1, 0.15) is 58.6 Å². The molecule has 8 heteroatoms. The Labute approximate surface area is 225 Å². The minimum atomic E-state index is -1.39. The first-order valence-electron chi connectivity index (χ1n) is 13.2. The van der Waals surface area contributed by atoms with E-state index in [-0.39, 0.29) is 5.91 Å². The van der Waals surface area contributed by atoms with E-state index in [4.69, 9.17) is 4.74 Å². The molecule has 1 N–H and O–H groups in total. The van der Waals surface area contributed by atoms with Gasteiger partial charge in [0, 0.05) is 31.5 Å². The lowest BCUT2D eigenvalue weighted by Crippen LogP contribution is -2.32. The second-order valence-electron chi connectivity index (χ2n) is 9.84. The molecule has 3 heterocycles. The Morgan fingerprint density at radius 1 is 1.11 bits per heavy atom. The van der Waals surface area contributed by atoms with E-state index >= 15 is 0 Å². The first-order valence-corrected chi connectivity index (χ1v) is 13.8. The molecule has 1 amide bonds. The van der Waals surface area contributed by atoms with Crippen molar-refractivity contribution in [2.24, 2.45) is 0 Å². The highest BCUT2D eigenvalue weighted by atomic mass is 31.0. The van der Waals surface area contributed by atoms with Gasteiger partial charge in [-0.25, -0.2) is 4.98 Å². The van der Waals surface area contributed by atoms with E-state index in [0.717, 1.165) is 48.4 Å². The number of amides is 1. The summed E-state index contributed by atoms with van der Waals surface area (Å²) < 4.78 is 20.0. The number of benzene rings is 2. The normalized spacial score (nSPS) is 15.0. The van der Waals surface area contributed by atoms with Crippen LogP contribution in [0.25, 0.3) is 5.65 Å². The number of aryl methyl sites for hydroxylation is 2. The van der Waals surface area contributed by atoms with E-state index in [1.54, 1.807) is 0 Å². The Bertz CT molecular complexity index is 1390. The molecule has 0 saturated carbocycles. The van der Waals surface area contributed by atoms with Crippen LogP contribution in [0, 0.1) is 6.92 Å². The molecule has 6 nitrogen and oxygen atoms in total. The molecular formula is C30H34FN4O2P. The number of fused-ring (bicyclic) bond motifs is 1. The summed E-state index contributed by atoms with van der Waals surface area (Å²) in [5, 5.41) is 3.08. The zero-order valence-electron chi connectivity index (χ0n) is 21.9. The molecule has 0 aliphatic carbocycles. The van der Waals surface area contributed by atoms with Crippen molar-refractivity contribution in [1.29, 1.82) is 0 Å². The van der Waals surface area contributed by atoms with Crippen LogP contribution in [0.4, 0.5) is 10.1 Å².